The van der Waals surface area contributed by atoms with Crippen LogP contribution in [0.4, 0.5) is 0 Å². The number of aliphatic hydroxyl groups is 1. The van der Waals surface area contributed by atoms with Gasteiger partial charge in [-0.25, -0.2) is 0 Å². The molecule has 2 rings (SSSR count). The molecule has 2 aliphatic rings. The Kier molecular flexibility index (Phi) is 4.66. The van der Waals surface area contributed by atoms with Gasteiger partial charge in [-0.3, -0.25) is 4.79 Å². The molecule has 0 radical (unpaired) electrons. The third kappa shape index (κ3) is 3.47. The Morgan fingerprint density at radius 3 is 2.28 bits per heavy atom. The zero-order valence-corrected chi connectivity index (χ0v) is 11.7. The van der Waals surface area contributed by atoms with Crippen molar-refractivity contribution in [3.05, 3.63) is 0 Å². The second kappa shape index (κ2) is 6.05. The molecular weight excluding hydrogens is 226 g/mol. The summed E-state index contributed by atoms with van der Waals surface area (Å²) in [5.41, 5.74) is -0.710. The summed E-state index contributed by atoms with van der Waals surface area (Å²) in [4.78, 5) is 14.2. The van der Waals surface area contributed by atoms with Crippen LogP contribution in [0.25, 0.3) is 0 Å². The van der Waals surface area contributed by atoms with Crippen molar-refractivity contribution in [2.24, 2.45) is 0 Å². The maximum Gasteiger partial charge on any atom is 0.225 e. The highest BCUT2D eigenvalue weighted by molar-refractivity contribution is 5.77. The summed E-state index contributed by atoms with van der Waals surface area (Å²) in [6.45, 7) is 0. The highest BCUT2D eigenvalue weighted by Crippen LogP contribution is 2.32. The lowest BCUT2D eigenvalue weighted by molar-refractivity contribution is -0.139. The first-order valence-corrected chi connectivity index (χ1v) is 7.59. The molecule has 104 valence electrons. The van der Waals surface area contributed by atoms with Gasteiger partial charge in [-0.1, -0.05) is 38.5 Å². The van der Waals surface area contributed by atoms with Gasteiger partial charge in [0.1, 0.15) is 0 Å². The maximum absolute atomic E-state index is 12.3. The number of nitrogens with zero attached hydrogens (tertiary/aromatic N) is 1. The standard InChI is InChI=1S/C15H27NO2/c1-16(13-8-4-2-5-9-13)14(17)12-15(18)10-6-3-7-11-15/h13,18H,2-12H2,1H3. The number of hydrogen-bond donors (Lipinski definition) is 1. The summed E-state index contributed by atoms with van der Waals surface area (Å²) in [5.74, 6) is 0.145. The third-order valence-electron chi connectivity index (χ3n) is 4.78. The zero-order valence-electron chi connectivity index (χ0n) is 11.7. The van der Waals surface area contributed by atoms with E-state index < -0.39 is 5.60 Å². The largest absolute Gasteiger partial charge is 0.389 e. The van der Waals surface area contributed by atoms with E-state index >= 15 is 0 Å². The minimum absolute atomic E-state index is 0.145. The van der Waals surface area contributed by atoms with E-state index in [-0.39, 0.29) is 5.91 Å². The summed E-state index contributed by atoms with van der Waals surface area (Å²) >= 11 is 0. The van der Waals surface area contributed by atoms with Gasteiger partial charge in [0.25, 0.3) is 0 Å². The van der Waals surface area contributed by atoms with E-state index in [9.17, 15) is 9.90 Å². The van der Waals surface area contributed by atoms with Crippen LogP contribution in [0.3, 0.4) is 0 Å². The first kappa shape index (κ1) is 13.9. The van der Waals surface area contributed by atoms with E-state index in [4.69, 9.17) is 0 Å². The number of carbonyl (C=O) groups excluding carboxylic acids is 1. The molecule has 18 heavy (non-hydrogen) atoms. The third-order valence-corrected chi connectivity index (χ3v) is 4.78. The van der Waals surface area contributed by atoms with Crippen LogP contribution >= 0.6 is 0 Å². The van der Waals surface area contributed by atoms with Crippen LogP contribution < -0.4 is 0 Å². The van der Waals surface area contributed by atoms with E-state index in [0.717, 1.165) is 38.5 Å². The monoisotopic (exact) mass is 253 g/mol. The molecule has 0 bridgehead atoms. The lowest BCUT2D eigenvalue weighted by Gasteiger charge is -2.36. The average Bonchev–Trinajstić information content (AvgIpc) is 2.39. The van der Waals surface area contributed by atoms with Crippen LogP contribution in [0.5, 0.6) is 0 Å². The molecule has 0 aromatic heterocycles. The van der Waals surface area contributed by atoms with E-state index in [0.29, 0.717) is 12.5 Å². The molecule has 1 N–H and O–H groups in total. The van der Waals surface area contributed by atoms with Crippen molar-refractivity contribution in [2.75, 3.05) is 7.05 Å². The van der Waals surface area contributed by atoms with Crippen LogP contribution in [0.2, 0.25) is 0 Å². The quantitative estimate of drug-likeness (QED) is 0.840. The zero-order chi connectivity index (χ0) is 13.0. The number of amides is 1. The van der Waals surface area contributed by atoms with Gasteiger partial charge in [-0.2, -0.15) is 0 Å². The minimum Gasteiger partial charge on any atom is -0.389 e. The fourth-order valence-corrected chi connectivity index (χ4v) is 3.46. The average molecular weight is 253 g/mol. The summed E-state index contributed by atoms with van der Waals surface area (Å²) in [6.07, 6.45) is 11.3. The van der Waals surface area contributed by atoms with Crippen LogP contribution in [0.1, 0.15) is 70.6 Å². The molecule has 2 fully saturated rings. The topological polar surface area (TPSA) is 40.5 Å². The number of carbonyl (C=O) groups is 1. The number of hydrogen-bond acceptors (Lipinski definition) is 2. The van der Waals surface area contributed by atoms with Crippen LogP contribution in [-0.2, 0) is 4.79 Å². The second-order valence-corrected chi connectivity index (χ2v) is 6.26. The van der Waals surface area contributed by atoms with Crippen molar-refractivity contribution < 1.29 is 9.90 Å². The summed E-state index contributed by atoms with van der Waals surface area (Å²) in [5, 5.41) is 10.4. The predicted octanol–water partition coefficient (Wildman–Crippen LogP) is 2.86. The predicted molar refractivity (Wildman–Crippen MR) is 72.3 cm³/mol. The SMILES string of the molecule is CN(C(=O)CC1(O)CCCCC1)C1CCCCC1. The molecule has 0 aromatic rings. The molecule has 3 nitrogen and oxygen atoms in total. The molecule has 0 atom stereocenters. The van der Waals surface area contributed by atoms with E-state index in [1.165, 1.54) is 25.7 Å². The first-order chi connectivity index (χ1) is 8.61. The van der Waals surface area contributed by atoms with Crippen molar-refractivity contribution in [1.82, 2.24) is 4.90 Å². The lowest BCUT2D eigenvalue weighted by Crippen LogP contribution is -2.43. The van der Waals surface area contributed by atoms with Crippen molar-refractivity contribution in [2.45, 2.75) is 82.3 Å². The van der Waals surface area contributed by atoms with E-state index in [2.05, 4.69) is 0 Å². The Hall–Kier alpha value is -0.570. The van der Waals surface area contributed by atoms with Gasteiger partial charge < -0.3 is 10.0 Å². The molecule has 2 saturated carbocycles. The fraction of sp³-hybridized carbons (Fsp3) is 0.933. The molecule has 0 aliphatic heterocycles. The van der Waals surface area contributed by atoms with Gasteiger partial charge in [-0.05, 0) is 25.7 Å². The van der Waals surface area contributed by atoms with Crippen LogP contribution in [-0.4, -0.2) is 34.6 Å². The van der Waals surface area contributed by atoms with Crippen LogP contribution in [0, 0.1) is 0 Å². The Labute approximate surface area is 111 Å². The normalized spacial score (nSPS) is 24.8. The van der Waals surface area contributed by atoms with E-state index in [1.807, 2.05) is 11.9 Å². The Bertz CT molecular complexity index is 278. The van der Waals surface area contributed by atoms with E-state index in [1.54, 1.807) is 0 Å². The summed E-state index contributed by atoms with van der Waals surface area (Å²) in [6, 6.07) is 0.415. The van der Waals surface area contributed by atoms with Gasteiger partial charge in [0.15, 0.2) is 0 Å². The lowest BCUT2D eigenvalue weighted by atomic mass is 9.82. The van der Waals surface area contributed by atoms with Crippen molar-refractivity contribution >= 4 is 5.91 Å². The molecule has 0 spiro atoms. The molecule has 0 heterocycles. The molecule has 1 amide bonds. The van der Waals surface area contributed by atoms with Crippen molar-refractivity contribution in [3.63, 3.8) is 0 Å². The smallest absolute Gasteiger partial charge is 0.225 e. The molecule has 0 saturated heterocycles. The van der Waals surface area contributed by atoms with Gasteiger partial charge in [0, 0.05) is 13.1 Å². The summed E-state index contributed by atoms with van der Waals surface area (Å²) < 4.78 is 0. The fourth-order valence-electron chi connectivity index (χ4n) is 3.46. The van der Waals surface area contributed by atoms with Crippen molar-refractivity contribution in [3.8, 4) is 0 Å². The summed E-state index contributed by atoms with van der Waals surface area (Å²) in [7, 11) is 1.92. The van der Waals surface area contributed by atoms with Gasteiger partial charge in [-0.15, -0.1) is 0 Å². The molecular formula is C15H27NO2. The Morgan fingerprint density at radius 1 is 1.11 bits per heavy atom. The van der Waals surface area contributed by atoms with Gasteiger partial charge >= 0.3 is 0 Å². The highest BCUT2D eigenvalue weighted by Gasteiger charge is 2.34. The van der Waals surface area contributed by atoms with Gasteiger partial charge in [0.05, 0.1) is 12.0 Å². The molecule has 0 unspecified atom stereocenters. The number of rotatable bonds is 3. The Balaban J connectivity index is 1.85. The van der Waals surface area contributed by atoms with Gasteiger partial charge in [0.2, 0.25) is 5.91 Å². The molecule has 2 aliphatic carbocycles. The molecule has 3 heteroatoms. The highest BCUT2D eigenvalue weighted by atomic mass is 16.3. The first-order valence-electron chi connectivity index (χ1n) is 7.59. The minimum atomic E-state index is -0.710. The molecule has 0 aromatic carbocycles. The Morgan fingerprint density at radius 2 is 1.67 bits per heavy atom. The maximum atomic E-state index is 12.3. The van der Waals surface area contributed by atoms with Crippen LogP contribution in [0.15, 0.2) is 0 Å². The van der Waals surface area contributed by atoms with Crippen molar-refractivity contribution in [1.29, 1.82) is 0 Å². The second-order valence-electron chi connectivity index (χ2n) is 6.26.